The lowest BCUT2D eigenvalue weighted by Crippen LogP contribution is -2.28. The van der Waals surface area contributed by atoms with Crippen molar-refractivity contribution in [2.45, 2.75) is 44.6 Å². The minimum Gasteiger partial charge on any atom is -0.504 e. The molecule has 1 fully saturated rings. The van der Waals surface area contributed by atoms with E-state index in [-0.39, 0.29) is 11.1 Å². The third-order valence-corrected chi connectivity index (χ3v) is 3.78. The molecule has 0 spiro atoms. The van der Waals surface area contributed by atoms with Crippen LogP contribution in [-0.4, -0.2) is 25.5 Å². The first-order chi connectivity index (χ1) is 8.38. The summed E-state index contributed by atoms with van der Waals surface area (Å²) >= 11 is 0. The minimum absolute atomic E-state index is 0.00633. The molecule has 1 aliphatic rings. The van der Waals surface area contributed by atoms with Gasteiger partial charge in [-0.2, -0.15) is 0 Å². The van der Waals surface area contributed by atoms with Crippen molar-refractivity contribution in [2.24, 2.45) is 0 Å². The van der Waals surface area contributed by atoms with Crippen LogP contribution in [0.15, 0.2) is 0 Å². The third kappa shape index (κ3) is 1.75. The highest BCUT2D eigenvalue weighted by molar-refractivity contribution is 5.65. The second kappa shape index (κ2) is 4.24. The molecule has 0 aliphatic heterocycles. The average molecular weight is 254 g/mol. The largest absolute Gasteiger partial charge is 0.504 e. The molecule has 0 atom stereocenters. The summed E-state index contributed by atoms with van der Waals surface area (Å²) in [5, 5.41) is 49.8. The normalized spacial score (nSPS) is 18.8. The summed E-state index contributed by atoms with van der Waals surface area (Å²) in [6.45, 7) is 1.37. The summed E-state index contributed by atoms with van der Waals surface area (Å²) in [5.74, 6) is -2.10. The molecule has 2 rings (SSSR count). The molecule has 0 heterocycles. The van der Waals surface area contributed by atoms with Gasteiger partial charge in [0, 0.05) is 5.56 Å². The van der Waals surface area contributed by atoms with Crippen LogP contribution >= 0.6 is 0 Å². The number of hydrogen-bond acceptors (Lipinski definition) is 5. The number of aromatic hydroxyl groups is 4. The molecule has 5 N–H and O–H groups in total. The Morgan fingerprint density at radius 2 is 1.22 bits per heavy atom. The molecular formula is C13H18O5. The summed E-state index contributed by atoms with van der Waals surface area (Å²) < 4.78 is 0. The van der Waals surface area contributed by atoms with E-state index in [1.807, 2.05) is 0 Å². The molecule has 0 saturated heterocycles. The van der Waals surface area contributed by atoms with Gasteiger partial charge in [-0.15, -0.1) is 0 Å². The van der Waals surface area contributed by atoms with E-state index in [4.69, 9.17) is 0 Å². The second-order valence-electron chi connectivity index (χ2n) is 4.99. The maximum Gasteiger partial charge on any atom is 0.167 e. The molecule has 1 aromatic rings. The van der Waals surface area contributed by atoms with Gasteiger partial charge in [0.25, 0.3) is 0 Å². The Morgan fingerprint density at radius 3 is 1.67 bits per heavy atom. The van der Waals surface area contributed by atoms with Crippen molar-refractivity contribution in [1.29, 1.82) is 0 Å². The molecule has 0 unspecified atom stereocenters. The number of hydrogen-bond donors (Lipinski definition) is 5. The van der Waals surface area contributed by atoms with Gasteiger partial charge in [0.2, 0.25) is 0 Å². The zero-order valence-electron chi connectivity index (χ0n) is 10.3. The van der Waals surface area contributed by atoms with E-state index in [1.165, 1.54) is 6.92 Å². The maximum atomic E-state index is 10.5. The summed E-state index contributed by atoms with van der Waals surface area (Å²) in [5.41, 5.74) is -1.56. The Hall–Kier alpha value is -1.62. The van der Waals surface area contributed by atoms with Crippen LogP contribution < -0.4 is 0 Å². The van der Waals surface area contributed by atoms with Crippen LogP contribution in [0.4, 0.5) is 0 Å². The van der Waals surface area contributed by atoms with E-state index in [0.29, 0.717) is 12.8 Å². The van der Waals surface area contributed by atoms with E-state index >= 15 is 0 Å². The van der Waals surface area contributed by atoms with E-state index in [9.17, 15) is 25.5 Å². The summed E-state index contributed by atoms with van der Waals surface area (Å²) in [7, 11) is 0. The van der Waals surface area contributed by atoms with Crippen LogP contribution in [0.3, 0.4) is 0 Å². The highest BCUT2D eigenvalue weighted by Gasteiger charge is 2.39. The van der Waals surface area contributed by atoms with Gasteiger partial charge in [0.1, 0.15) is 0 Å². The SMILES string of the molecule is Cc1c(O)c(O)c(C2(O)CCCCC2)c(O)c1O. The van der Waals surface area contributed by atoms with Gasteiger partial charge in [-0.05, 0) is 19.8 Å². The first-order valence-corrected chi connectivity index (χ1v) is 6.08. The molecule has 0 radical (unpaired) electrons. The van der Waals surface area contributed by atoms with E-state index in [1.54, 1.807) is 0 Å². The van der Waals surface area contributed by atoms with Gasteiger partial charge < -0.3 is 25.5 Å². The van der Waals surface area contributed by atoms with Crippen LogP contribution in [0.2, 0.25) is 0 Å². The molecule has 5 nitrogen and oxygen atoms in total. The molecule has 1 aliphatic carbocycles. The fourth-order valence-corrected chi connectivity index (χ4v) is 2.64. The van der Waals surface area contributed by atoms with Gasteiger partial charge in [0.15, 0.2) is 23.0 Å². The van der Waals surface area contributed by atoms with Crippen LogP contribution in [0.1, 0.15) is 43.2 Å². The molecule has 0 aromatic heterocycles. The first-order valence-electron chi connectivity index (χ1n) is 6.08. The van der Waals surface area contributed by atoms with Crippen molar-refractivity contribution in [3.05, 3.63) is 11.1 Å². The monoisotopic (exact) mass is 254 g/mol. The zero-order chi connectivity index (χ0) is 13.5. The molecule has 1 aromatic carbocycles. The number of phenolic OH excluding ortho intramolecular Hbond substituents is 4. The summed E-state index contributed by atoms with van der Waals surface area (Å²) in [4.78, 5) is 0. The van der Waals surface area contributed by atoms with Crippen LogP contribution in [-0.2, 0) is 5.60 Å². The minimum atomic E-state index is -1.39. The number of aliphatic hydroxyl groups is 1. The van der Waals surface area contributed by atoms with E-state index < -0.39 is 28.6 Å². The van der Waals surface area contributed by atoms with Crippen molar-refractivity contribution in [3.8, 4) is 23.0 Å². The van der Waals surface area contributed by atoms with Gasteiger partial charge in [0.05, 0.1) is 11.2 Å². The fraction of sp³-hybridized carbons (Fsp3) is 0.538. The quantitative estimate of drug-likeness (QED) is 0.389. The van der Waals surface area contributed by atoms with E-state index in [0.717, 1.165) is 19.3 Å². The fourth-order valence-electron chi connectivity index (χ4n) is 2.64. The van der Waals surface area contributed by atoms with Crippen LogP contribution in [0.5, 0.6) is 23.0 Å². The first kappa shape index (κ1) is 12.8. The molecule has 1 saturated carbocycles. The zero-order valence-corrected chi connectivity index (χ0v) is 10.3. The number of phenols is 4. The smallest absolute Gasteiger partial charge is 0.167 e. The molecule has 100 valence electrons. The molecule has 0 amide bonds. The Labute approximate surface area is 105 Å². The number of rotatable bonds is 1. The lowest BCUT2D eigenvalue weighted by molar-refractivity contribution is -0.00508. The Kier molecular flexibility index (Phi) is 3.02. The van der Waals surface area contributed by atoms with Gasteiger partial charge >= 0.3 is 0 Å². The highest BCUT2D eigenvalue weighted by atomic mass is 16.3. The van der Waals surface area contributed by atoms with Crippen molar-refractivity contribution in [2.75, 3.05) is 0 Å². The van der Waals surface area contributed by atoms with Crippen molar-refractivity contribution >= 4 is 0 Å². The Balaban J connectivity index is 2.63. The highest BCUT2D eigenvalue weighted by Crippen LogP contribution is 2.53. The maximum absolute atomic E-state index is 10.5. The topological polar surface area (TPSA) is 101 Å². The van der Waals surface area contributed by atoms with Crippen molar-refractivity contribution in [1.82, 2.24) is 0 Å². The van der Waals surface area contributed by atoms with Crippen molar-refractivity contribution in [3.63, 3.8) is 0 Å². The standard InChI is InChI=1S/C13H18O5/c1-7-9(14)11(16)8(12(17)10(7)15)13(18)5-3-2-4-6-13/h14-18H,2-6H2,1H3. The molecule has 0 bridgehead atoms. The molecule has 5 heteroatoms. The van der Waals surface area contributed by atoms with Gasteiger partial charge in [-0.1, -0.05) is 19.3 Å². The summed E-state index contributed by atoms with van der Waals surface area (Å²) in [6, 6.07) is 0. The molecule has 18 heavy (non-hydrogen) atoms. The van der Waals surface area contributed by atoms with Crippen LogP contribution in [0, 0.1) is 6.92 Å². The Bertz CT molecular complexity index is 446. The predicted octanol–water partition coefficient (Wildman–Crippen LogP) is 1.97. The number of benzene rings is 1. The van der Waals surface area contributed by atoms with Crippen LogP contribution in [0.25, 0.3) is 0 Å². The second-order valence-corrected chi connectivity index (χ2v) is 4.99. The van der Waals surface area contributed by atoms with Crippen molar-refractivity contribution < 1.29 is 25.5 Å². The third-order valence-electron chi connectivity index (χ3n) is 3.78. The van der Waals surface area contributed by atoms with E-state index in [2.05, 4.69) is 0 Å². The predicted molar refractivity (Wildman–Crippen MR) is 64.8 cm³/mol. The lowest BCUT2D eigenvalue weighted by Gasteiger charge is -2.33. The van der Waals surface area contributed by atoms with Gasteiger partial charge in [-0.3, -0.25) is 0 Å². The Morgan fingerprint density at radius 1 is 0.778 bits per heavy atom. The molecular weight excluding hydrogens is 236 g/mol. The average Bonchev–Trinajstić information content (AvgIpc) is 2.35. The summed E-state index contributed by atoms with van der Waals surface area (Å²) in [6.07, 6.45) is 3.29. The van der Waals surface area contributed by atoms with Gasteiger partial charge in [-0.25, -0.2) is 0 Å². The lowest BCUT2D eigenvalue weighted by atomic mass is 9.78.